The molecule has 0 spiro atoms. The van der Waals surface area contributed by atoms with E-state index >= 15 is 0 Å². The van der Waals surface area contributed by atoms with Crippen molar-refractivity contribution >= 4 is 32.3 Å². The third-order valence-electron chi connectivity index (χ3n) is 10.0. The molecule has 0 atom stereocenters. The number of rotatable bonds is 3. The molecule has 45 heavy (non-hydrogen) atoms. The average Bonchev–Trinajstić information content (AvgIpc) is 3.33. The molecule has 0 heteroatoms. The van der Waals surface area contributed by atoms with Gasteiger partial charge in [0.1, 0.15) is 0 Å². The molecule has 0 heterocycles. The van der Waals surface area contributed by atoms with Crippen LogP contribution in [0.1, 0.15) is 25.0 Å². The van der Waals surface area contributed by atoms with Gasteiger partial charge in [-0.05, 0) is 100 Å². The highest BCUT2D eigenvalue weighted by molar-refractivity contribution is 6.25. The van der Waals surface area contributed by atoms with Gasteiger partial charge in [-0.3, -0.25) is 0 Å². The molecule has 0 nitrogen and oxygen atoms in total. The van der Waals surface area contributed by atoms with E-state index in [-0.39, 0.29) is 5.41 Å². The molecule has 212 valence electrons. The van der Waals surface area contributed by atoms with Crippen molar-refractivity contribution in [3.05, 3.63) is 169 Å². The molecule has 0 unspecified atom stereocenters. The largest absolute Gasteiger partial charge is 0.0622 e. The van der Waals surface area contributed by atoms with Crippen LogP contribution in [0.5, 0.6) is 0 Å². The number of fused-ring (bicyclic) bond motifs is 6. The summed E-state index contributed by atoms with van der Waals surface area (Å²) in [6, 6.07) is 58.4. The normalized spacial score (nSPS) is 13.3. The molecular formula is C45H32. The van der Waals surface area contributed by atoms with Crippen molar-refractivity contribution in [3.8, 4) is 44.5 Å². The SMILES string of the molecule is CC1(C)c2ccccc2-c2c(-c3c4ccccc4c(-c4cc(-c5ccccc5)cc5ccccc45)c4ccccc34)cccc21. The fraction of sp³-hybridized carbons (Fsp3) is 0.0667. The van der Waals surface area contributed by atoms with Crippen LogP contribution in [-0.4, -0.2) is 0 Å². The molecule has 0 bridgehead atoms. The van der Waals surface area contributed by atoms with Crippen LogP contribution >= 0.6 is 0 Å². The smallest absolute Gasteiger partial charge is 0.0159 e. The lowest BCUT2D eigenvalue weighted by molar-refractivity contribution is 0.660. The molecule has 8 aromatic rings. The van der Waals surface area contributed by atoms with Crippen molar-refractivity contribution in [2.24, 2.45) is 0 Å². The van der Waals surface area contributed by atoms with Crippen LogP contribution in [0.4, 0.5) is 0 Å². The second kappa shape index (κ2) is 9.78. The molecule has 0 aromatic heterocycles. The fourth-order valence-corrected chi connectivity index (χ4v) is 7.99. The van der Waals surface area contributed by atoms with Crippen LogP contribution in [0, 0.1) is 0 Å². The Morgan fingerprint density at radius 3 is 1.53 bits per heavy atom. The number of benzene rings is 8. The summed E-state index contributed by atoms with van der Waals surface area (Å²) in [7, 11) is 0. The summed E-state index contributed by atoms with van der Waals surface area (Å²) in [4.78, 5) is 0. The van der Waals surface area contributed by atoms with Crippen LogP contribution in [-0.2, 0) is 5.41 Å². The molecule has 1 aliphatic rings. The van der Waals surface area contributed by atoms with Crippen LogP contribution in [0.2, 0.25) is 0 Å². The van der Waals surface area contributed by atoms with Crippen LogP contribution in [0.3, 0.4) is 0 Å². The highest BCUT2D eigenvalue weighted by Crippen LogP contribution is 2.54. The van der Waals surface area contributed by atoms with E-state index in [9.17, 15) is 0 Å². The van der Waals surface area contributed by atoms with Gasteiger partial charge in [0.15, 0.2) is 0 Å². The topological polar surface area (TPSA) is 0 Å². The van der Waals surface area contributed by atoms with E-state index in [1.165, 1.54) is 88.0 Å². The molecular weight excluding hydrogens is 540 g/mol. The third-order valence-corrected chi connectivity index (χ3v) is 10.0. The quantitative estimate of drug-likeness (QED) is 0.185. The first-order chi connectivity index (χ1) is 22.1. The van der Waals surface area contributed by atoms with Crippen LogP contribution in [0.15, 0.2) is 158 Å². The van der Waals surface area contributed by atoms with Gasteiger partial charge in [0.05, 0.1) is 0 Å². The summed E-state index contributed by atoms with van der Waals surface area (Å²) >= 11 is 0. The van der Waals surface area contributed by atoms with E-state index in [4.69, 9.17) is 0 Å². The molecule has 0 saturated carbocycles. The molecule has 0 radical (unpaired) electrons. The standard InChI is InChI=1S/C45H32/c1-45(2)40-25-13-12-23-37(40)44-38(24-14-26-41(44)45)42-33-19-8-10-21-35(33)43(36-22-11-9-20-34(36)42)39-28-31(29-15-4-3-5-16-29)27-30-17-6-7-18-32(30)39/h3-28H,1-2H3. The Bertz CT molecular complexity index is 2390. The van der Waals surface area contributed by atoms with E-state index in [0.29, 0.717) is 0 Å². The zero-order chi connectivity index (χ0) is 30.1. The van der Waals surface area contributed by atoms with Gasteiger partial charge in [0.2, 0.25) is 0 Å². The number of hydrogen-bond acceptors (Lipinski definition) is 0. The predicted molar refractivity (Wildman–Crippen MR) is 193 cm³/mol. The highest BCUT2D eigenvalue weighted by atomic mass is 14.4. The Kier molecular flexibility index (Phi) is 5.64. The molecule has 1 aliphatic carbocycles. The second-order valence-electron chi connectivity index (χ2n) is 12.9. The van der Waals surface area contributed by atoms with Gasteiger partial charge in [0, 0.05) is 5.41 Å². The molecule has 0 aliphatic heterocycles. The van der Waals surface area contributed by atoms with Gasteiger partial charge in [0.25, 0.3) is 0 Å². The molecule has 8 aromatic carbocycles. The summed E-state index contributed by atoms with van der Waals surface area (Å²) in [5.74, 6) is 0. The molecule has 0 saturated heterocycles. The van der Waals surface area contributed by atoms with Crippen LogP contribution < -0.4 is 0 Å². The Labute approximate surface area is 264 Å². The summed E-state index contributed by atoms with van der Waals surface area (Å²) in [5.41, 5.74) is 13.2. The van der Waals surface area contributed by atoms with Gasteiger partial charge >= 0.3 is 0 Å². The van der Waals surface area contributed by atoms with E-state index in [0.717, 1.165) is 0 Å². The third kappa shape index (κ3) is 3.79. The van der Waals surface area contributed by atoms with Crippen molar-refractivity contribution < 1.29 is 0 Å². The Hall–Kier alpha value is -5.46. The Morgan fingerprint density at radius 1 is 0.333 bits per heavy atom. The van der Waals surface area contributed by atoms with Gasteiger partial charge in [-0.15, -0.1) is 0 Å². The van der Waals surface area contributed by atoms with E-state index < -0.39 is 0 Å². The van der Waals surface area contributed by atoms with Gasteiger partial charge in [-0.2, -0.15) is 0 Å². The maximum absolute atomic E-state index is 2.41. The minimum absolute atomic E-state index is 0.0513. The summed E-state index contributed by atoms with van der Waals surface area (Å²) in [6.45, 7) is 4.73. The van der Waals surface area contributed by atoms with E-state index in [1.54, 1.807) is 0 Å². The van der Waals surface area contributed by atoms with Crippen molar-refractivity contribution in [1.29, 1.82) is 0 Å². The molecule has 0 fully saturated rings. The lowest BCUT2D eigenvalue weighted by Crippen LogP contribution is -2.14. The minimum atomic E-state index is -0.0513. The maximum Gasteiger partial charge on any atom is 0.0159 e. The predicted octanol–water partition coefficient (Wildman–Crippen LogP) is 12.5. The second-order valence-corrected chi connectivity index (χ2v) is 12.9. The van der Waals surface area contributed by atoms with Gasteiger partial charge < -0.3 is 0 Å². The fourth-order valence-electron chi connectivity index (χ4n) is 7.99. The first-order valence-electron chi connectivity index (χ1n) is 15.9. The number of hydrogen-bond donors (Lipinski definition) is 0. The zero-order valence-electron chi connectivity index (χ0n) is 25.5. The molecule has 0 amide bonds. The van der Waals surface area contributed by atoms with E-state index in [2.05, 4.69) is 172 Å². The lowest BCUT2D eigenvalue weighted by Gasteiger charge is -2.23. The molecule has 0 N–H and O–H groups in total. The van der Waals surface area contributed by atoms with Crippen LogP contribution in [0.25, 0.3) is 76.8 Å². The monoisotopic (exact) mass is 572 g/mol. The first-order valence-corrected chi connectivity index (χ1v) is 15.9. The Morgan fingerprint density at radius 2 is 0.844 bits per heavy atom. The Balaban J connectivity index is 1.43. The van der Waals surface area contributed by atoms with Crippen molar-refractivity contribution in [3.63, 3.8) is 0 Å². The summed E-state index contributed by atoms with van der Waals surface area (Å²) < 4.78 is 0. The summed E-state index contributed by atoms with van der Waals surface area (Å²) in [5, 5.41) is 7.67. The lowest BCUT2D eigenvalue weighted by atomic mass is 9.80. The highest BCUT2D eigenvalue weighted by Gasteiger charge is 2.37. The summed E-state index contributed by atoms with van der Waals surface area (Å²) in [6.07, 6.45) is 0. The van der Waals surface area contributed by atoms with E-state index in [1.807, 2.05) is 0 Å². The van der Waals surface area contributed by atoms with Crippen molar-refractivity contribution in [2.75, 3.05) is 0 Å². The molecule has 9 rings (SSSR count). The zero-order valence-corrected chi connectivity index (χ0v) is 25.5. The maximum atomic E-state index is 2.41. The van der Waals surface area contributed by atoms with Crippen molar-refractivity contribution in [1.82, 2.24) is 0 Å². The van der Waals surface area contributed by atoms with Gasteiger partial charge in [-0.25, -0.2) is 0 Å². The first kappa shape index (κ1) is 26.0. The van der Waals surface area contributed by atoms with Crippen molar-refractivity contribution in [2.45, 2.75) is 19.3 Å². The average molecular weight is 573 g/mol. The minimum Gasteiger partial charge on any atom is -0.0622 e. The van der Waals surface area contributed by atoms with Gasteiger partial charge in [-0.1, -0.05) is 159 Å².